The van der Waals surface area contributed by atoms with Crippen LogP contribution in [0.4, 0.5) is 0 Å². The molecule has 0 aliphatic carbocycles. The Morgan fingerprint density at radius 3 is 2.75 bits per heavy atom. The van der Waals surface area contributed by atoms with E-state index in [1.807, 2.05) is 17.9 Å². The Labute approximate surface area is 95.8 Å². The lowest BCUT2D eigenvalue weighted by Gasteiger charge is -2.12. The largest absolute Gasteiger partial charge is 0.469 e. The zero-order chi connectivity index (χ0) is 12.1. The highest BCUT2D eigenvalue weighted by molar-refractivity contribution is 5.70. The minimum absolute atomic E-state index is 0.0417. The summed E-state index contributed by atoms with van der Waals surface area (Å²) in [7, 11) is 3.22. The Morgan fingerprint density at radius 1 is 1.62 bits per heavy atom. The molecule has 1 rings (SSSR count). The van der Waals surface area contributed by atoms with Crippen molar-refractivity contribution in [3.05, 3.63) is 18.0 Å². The average molecular weight is 225 g/mol. The molecule has 5 nitrogen and oxygen atoms in total. The van der Waals surface area contributed by atoms with Crippen molar-refractivity contribution in [1.29, 1.82) is 0 Å². The Balaban J connectivity index is 2.74. The first-order valence-corrected chi connectivity index (χ1v) is 5.36. The molecule has 1 unspecified atom stereocenters. The first-order valence-electron chi connectivity index (χ1n) is 5.36. The second-order valence-corrected chi connectivity index (χ2v) is 3.97. The maximum absolute atomic E-state index is 11.2. The fourth-order valence-corrected chi connectivity index (χ4v) is 1.45. The van der Waals surface area contributed by atoms with Gasteiger partial charge in [0.05, 0.1) is 19.7 Å². The van der Waals surface area contributed by atoms with Crippen molar-refractivity contribution in [2.24, 2.45) is 0 Å². The monoisotopic (exact) mass is 225 g/mol. The summed E-state index contributed by atoms with van der Waals surface area (Å²) in [6, 6.07) is 0.282. The normalized spacial score (nSPS) is 12.8. The Hall–Kier alpha value is -1.36. The number of rotatable bonds is 5. The van der Waals surface area contributed by atoms with Crippen LogP contribution in [-0.4, -0.2) is 29.9 Å². The van der Waals surface area contributed by atoms with Gasteiger partial charge in [-0.05, 0) is 20.9 Å². The van der Waals surface area contributed by atoms with Gasteiger partial charge in [-0.3, -0.25) is 9.48 Å². The Bertz CT molecular complexity index is 347. The molecule has 0 bridgehead atoms. The van der Waals surface area contributed by atoms with Crippen molar-refractivity contribution in [3.63, 3.8) is 0 Å². The summed E-state index contributed by atoms with van der Waals surface area (Å²) in [4.78, 5) is 11.2. The van der Waals surface area contributed by atoms with Gasteiger partial charge in [-0.25, -0.2) is 0 Å². The predicted octanol–water partition coefficient (Wildman–Crippen LogP) is 1.29. The van der Waals surface area contributed by atoms with Crippen LogP contribution >= 0.6 is 0 Å². The molecule has 90 valence electrons. The van der Waals surface area contributed by atoms with E-state index >= 15 is 0 Å². The van der Waals surface area contributed by atoms with Gasteiger partial charge in [0.15, 0.2) is 0 Å². The summed E-state index contributed by atoms with van der Waals surface area (Å²) >= 11 is 0. The first kappa shape index (κ1) is 12.7. The topological polar surface area (TPSA) is 56.1 Å². The molecule has 0 saturated heterocycles. The second-order valence-electron chi connectivity index (χ2n) is 3.97. The maximum Gasteiger partial charge on any atom is 0.307 e. The minimum Gasteiger partial charge on any atom is -0.469 e. The number of nitrogens with zero attached hydrogens (tertiary/aromatic N) is 2. The van der Waals surface area contributed by atoms with Crippen molar-refractivity contribution in [2.45, 2.75) is 32.4 Å². The van der Waals surface area contributed by atoms with E-state index in [9.17, 15) is 4.79 Å². The molecule has 0 aliphatic heterocycles. The highest BCUT2D eigenvalue weighted by atomic mass is 16.5. The van der Waals surface area contributed by atoms with E-state index in [-0.39, 0.29) is 12.0 Å². The number of nitrogens with one attached hydrogen (secondary N) is 1. The lowest BCUT2D eigenvalue weighted by molar-refractivity contribution is -0.141. The molecule has 1 aromatic heterocycles. The first-order chi connectivity index (χ1) is 7.58. The molecule has 5 heteroatoms. The summed E-state index contributed by atoms with van der Waals surface area (Å²) in [5, 5.41) is 7.32. The number of aromatic nitrogens is 2. The minimum atomic E-state index is -0.225. The molecular weight excluding hydrogens is 206 g/mol. The molecule has 16 heavy (non-hydrogen) atoms. The molecule has 0 aromatic carbocycles. The number of hydrogen-bond donors (Lipinski definition) is 1. The van der Waals surface area contributed by atoms with Gasteiger partial charge in [-0.1, -0.05) is 0 Å². The molecular formula is C11H19N3O2. The van der Waals surface area contributed by atoms with Crippen LogP contribution in [0.2, 0.25) is 0 Å². The van der Waals surface area contributed by atoms with E-state index in [1.165, 1.54) is 7.11 Å². The maximum atomic E-state index is 11.2. The lowest BCUT2D eigenvalue weighted by atomic mass is 10.1. The third kappa shape index (κ3) is 3.06. The molecule has 0 aliphatic rings. The van der Waals surface area contributed by atoms with E-state index in [0.717, 1.165) is 5.56 Å². The fourth-order valence-electron chi connectivity index (χ4n) is 1.45. The van der Waals surface area contributed by atoms with Gasteiger partial charge in [-0.15, -0.1) is 0 Å². The summed E-state index contributed by atoms with van der Waals surface area (Å²) in [6.45, 7) is 4.12. The summed E-state index contributed by atoms with van der Waals surface area (Å²) in [6.07, 6.45) is 4.05. The third-order valence-corrected chi connectivity index (χ3v) is 2.50. The number of carbonyl (C=O) groups excluding carboxylic acids is 1. The quantitative estimate of drug-likeness (QED) is 0.767. The summed E-state index contributed by atoms with van der Waals surface area (Å²) < 4.78 is 6.52. The van der Waals surface area contributed by atoms with E-state index in [1.54, 1.807) is 6.20 Å². The van der Waals surface area contributed by atoms with E-state index in [4.69, 9.17) is 0 Å². The zero-order valence-electron chi connectivity index (χ0n) is 10.2. The highest BCUT2D eigenvalue weighted by Gasteiger charge is 2.16. The standard InChI is InChI=1S/C11H19N3O2/c1-8(2)14-7-9(6-13-14)10(12-3)5-11(15)16-4/h6-8,10,12H,5H2,1-4H3. The van der Waals surface area contributed by atoms with Crippen molar-refractivity contribution in [3.8, 4) is 0 Å². The van der Waals surface area contributed by atoms with Gasteiger partial charge in [0.1, 0.15) is 0 Å². The van der Waals surface area contributed by atoms with Crippen LogP contribution in [0.3, 0.4) is 0 Å². The Kier molecular flexibility index (Phi) is 4.49. The third-order valence-electron chi connectivity index (χ3n) is 2.50. The van der Waals surface area contributed by atoms with Crippen molar-refractivity contribution in [2.75, 3.05) is 14.2 Å². The van der Waals surface area contributed by atoms with Gasteiger partial charge in [0.2, 0.25) is 0 Å². The Morgan fingerprint density at radius 2 is 2.31 bits per heavy atom. The van der Waals surface area contributed by atoms with Crippen LogP contribution in [-0.2, 0) is 9.53 Å². The number of carbonyl (C=O) groups is 1. The molecule has 0 amide bonds. The average Bonchev–Trinajstić information content (AvgIpc) is 2.74. The van der Waals surface area contributed by atoms with Crippen LogP contribution in [0.1, 0.15) is 37.9 Å². The van der Waals surface area contributed by atoms with Gasteiger partial charge in [0.25, 0.3) is 0 Å². The van der Waals surface area contributed by atoms with Crippen LogP contribution in [0.15, 0.2) is 12.4 Å². The van der Waals surface area contributed by atoms with Crippen molar-refractivity contribution >= 4 is 5.97 Å². The SMILES string of the molecule is CNC(CC(=O)OC)c1cnn(C(C)C)c1. The highest BCUT2D eigenvalue weighted by Crippen LogP contribution is 2.17. The van der Waals surface area contributed by atoms with Crippen molar-refractivity contribution < 1.29 is 9.53 Å². The number of ether oxygens (including phenoxy) is 1. The molecule has 1 N–H and O–H groups in total. The van der Waals surface area contributed by atoms with Gasteiger partial charge < -0.3 is 10.1 Å². The molecule has 0 saturated carbocycles. The summed E-state index contributed by atoms with van der Waals surface area (Å²) in [5.74, 6) is -0.225. The molecule has 1 heterocycles. The van der Waals surface area contributed by atoms with Gasteiger partial charge in [-0.2, -0.15) is 5.10 Å². The zero-order valence-corrected chi connectivity index (χ0v) is 10.2. The van der Waals surface area contributed by atoms with Crippen LogP contribution in [0.5, 0.6) is 0 Å². The van der Waals surface area contributed by atoms with E-state index < -0.39 is 0 Å². The number of hydrogen-bond acceptors (Lipinski definition) is 4. The van der Waals surface area contributed by atoms with Crippen LogP contribution in [0, 0.1) is 0 Å². The van der Waals surface area contributed by atoms with Gasteiger partial charge >= 0.3 is 5.97 Å². The molecule has 1 atom stereocenters. The van der Waals surface area contributed by atoms with Crippen LogP contribution < -0.4 is 5.32 Å². The molecule has 0 fully saturated rings. The van der Waals surface area contributed by atoms with Crippen molar-refractivity contribution in [1.82, 2.24) is 15.1 Å². The van der Waals surface area contributed by atoms with E-state index in [0.29, 0.717) is 12.5 Å². The predicted molar refractivity (Wildman–Crippen MR) is 61.0 cm³/mol. The molecule has 0 radical (unpaired) electrons. The summed E-state index contributed by atoms with van der Waals surface area (Å²) in [5.41, 5.74) is 1.00. The fraction of sp³-hybridized carbons (Fsp3) is 0.636. The van der Waals surface area contributed by atoms with Gasteiger partial charge in [0, 0.05) is 23.8 Å². The van der Waals surface area contributed by atoms with E-state index in [2.05, 4.69) is 29.0 Å². The number of esters is 1. The van der Waals surface area contributed by atoms with Crippen LogP contribution in [0.25, 0.3) is 0 Å². The smallest absolute Gasteiger partial charge is 0.307 e. The second kappa shape index (κ2) is 5.65. The number of methoxy groups -OCH3 is 1. The molecule has 0 spiro atoms. The lowest BCUT2D eigenvalue weighted by Crippen LogP contribution is -2.20. The molecule has 1 aromatic rings.